The molecule has 2 aromatic heterocycles. The van der Waals surface area contributed by atoms with Gasteiger partial charge in [-0.3, -0.25) is 4.79 Å². The fraction of sp³-hybridized carbons (Fsp3) is 0.143. The van der Waals surface area contributed by atoms with E-state index in [-0.39, 0.29) is 18.3 Å². The van der Waals surface area contributed by atoms with E-state index in [1.165, 1.54) is 24.3 Å². The number of tetrazole rings is 1. The molecule has 3 aromatic rings. The minimum atomic E-state index is -0.366. The lowest BCUT2D eigenvalue weighted by Gasteiger charge is -2.03. The van der Waals surface area contributed by atoms with Crippen LogP contribution >= 0.6 is 0 Å². The number of furan rings is 1. The van der Waals surface area contributed by atoms with Gasteiger partial charge in [0.1, 0.15) is 18.1 Å². The van der Waals surface area contributed by atoms with Gasteiger partial charge in [0.2, 0.25) is 11.7 Å². The summed E-state index contributed by atoms with van der Waals surface area (Å²) in [5.74, 6) is 0.825. The summed E-state index contributed by atoms with van der Waals surface area (Å²) < 4.78 is 18.2. The predicted octanol–water partition coefficient (Wildman–Crippen LogP) is 2.02. The van der Waals surface area contributed by atoms with Gasteiger partial charge in [0.15, 0.2) is 5.76 Å². The zero-order chi connectivity index (χ0) is 15.5. The number of aryl methyl sites for hydroxylation is 1. The van der Waals surface area contributed by atoms with Gasteiger partial charge in [-0.1, -0.05) is 0 Å². The van der Waals surface area contributed by atoms with E-state index in [0.29, 0.717) is 17.3 Å². The van der Waals surface area contributed by atoms with Gasteiger partial charge in [0, 0.05) is 5.69 Å². The molecule has 0 aliphatic heterocycles. The summed E-state index contributed by atoms with van der Waals surface area (Å²) >= 11 is 0. The summed E-state index contributed by atoms with van der Waals surface area (Å²) in [6.07, 6.45) is 0. The normalized spacial score (nSPS) is 10.6. The number of nitrogens with zero attached hydrogens (tertiary/aromatic N) is 4. The summed E-state index contributed by atoms with van der Waals surface area (Å²) in [6.45, 7) is 1.70. The maximum Gasteiger partial charge on any atom is 0.248 e. The molecule has 112 valence electrons. The van der Waals surface area contributed by atoms with Crippen molar-refractivity contribution in [2.45, 2.75) is 13.5 Å². The Hall–Kier alpha value is -3.03. The van der Waals surface area contributed by atoms with Crippen LogP contribution in [0.15, 0.2) is 40.8 Å². The third kappa shape index (κ3) is 3.17. The standard InChI is InChI=1S/C14H12FN5O2/c1-9-2-7-12(22-9)14-17-19-20(18-14)8-13(21)16-11-5-3-10(15)4-6-11/h2-7H,8H2,1H3,(H,16,21). The molecule has 0 aliphatic carbocycles. The smallest absolute Gasteiger partial charge is 0.248 e. The van der Waals surface area contributed by atoms with Crippen LogP contribution in [0.3, 0.4) is 0 Å². The number of halogens is 1. The van der Waals surface area contributed by atoms with Crippen molar-refractivity contribution in [3.05, 3.63) is 48.0 Å². The van der Waals surface area contributed by atoms with Crippen LogP contribution in [0, 0.1) is 12.7 Å². The van der Waals surface area contributed by atoms with Crippen molar-refractivity contribution in [2.75, 3.05) is 5.32 Å². The molecular formula is C14H12FN5O2. The second-order valence-electron chi connectivity index (χ2n) is 4.61. The average molecular weight is 301 g/mol. The van der Waals surface area contributed by atoms with E-state index in [0.717, 1.165) is 10.6 Å². The van der Waals surface area contributed by atoms with Gasteiger partial charge < -0.3 is 9.73 Å². The van der Waals surface area contributed by atoms with Crippen LogP contribution in [0.4, 0.5) is 10.1 Å². The molecule has 0 bridgehead atoms. The Kier molecular flexibility index (Phi) is 3.65. The Morgan fingerprint density at radius 1 is 1.27 bits per heavy atom. The molecule has 22 heavy (non-hydrogen) atoms. The van der Waals surface area contributed by atoms with E-state index in [2.05, 4.69) is 20.7 Å². The van der Waals surface area contributed by atoms with Gasteiger partial charge in [0.25, 0.3) is 0 Å². The molecule has 0 aliphatic rings. The van der Waals surface area contributed by atoms with Crippen LogP contribution in [-0.2, 0) is 11.3 Å². The molecule has 0 saturated carbocycles. The highest BCUT2D eigenvalue weighted by Gasteiger charge is 2.12. The van der Waals surface area contributed by atoms with Gasteiger partial charge in [-0.15, -0.1) is 10.2 Å². The third-order valence-corrected chi connectivity index (χ3v) is 2.83. The van der Waals surface area contributed by atoms with Crippen molar-refractivity contribution in [3.63, 3.8) is 0 Å². The minimum Gasteiger partial charge on any atom is -0.458 e. The lowest BCUT2D eigenvalue weighted by Crippen LogP contribution is -2.20. The van der Waals surface area contributed by atoms with Crippen LogP contribution in [0.1, 0.15) is 5.76 Å². The molecule has 1 N–H and O–H groups in total. The van der Waals surface area contributed by atoms with Gasteiger partial charge in [-0.2, -0.15) is 4.80 Å². The fourth-order valence-corrected chi connectivity index (χ4v) is 1.83. The van der Waals surface area contributed by atoms with Crippen LogP contribution < -0.4 is 5.32 Å². The number of nitrogens with one attached hydrogen (secondary N) is 1. The Labute approximate surface area is 124 Å². The molecule has 7 nitrogen and oxygen atoms in total. The molecule has 2 heterocycles. The van der Waals surface area contributed by atoms with Crippen molar-refractivity contribution >= 4 is 11.6 Å². The van der Waals surface area contributed by atoms with Crippen molar-refractivity contribution in [3.8, 4) is 11.6 Å². The average Bonchev–Trinajstić information content (AvgIpc) is 3.10. The predicted molar refractivity (Wildman–Crippen MR) is 75.3 cm³/mol. The first-order valence-electron chi connectivity index (χ1n) is 6.50. The van der Waals surface area contributed by atoms with E-state index < -0.39 is 0 Å². The number of rotatable bonds is 4. The summed E-state index contributed by atoms with van der Waals surface area (Å²) in [7, 11) is 0. The van der Waals surface area contributed by atoms with Crippen LogP contribution in [0.25, 0.3) is 11.6 Å². The monoisotopic (exact) mass is 301 g/mol. The maximum absolute atomic E-state index is 12.8. The Morgan fingerprint density at radius 3 is 2.73 bits per heavy atom. The Bertz CT molecular complexity index is 794. The number of carbonyl (C=O) groups excluding carboxylic acids is 1. The molecule has 1 aromatic carbocycles. The first-order chi connectivity index (χ1) is 10.6. The number of amides is 1. The Morgan fingerprint density at radius 2 is 2.05 bits per heavy atom. The number of anilines is 1. The summed E-state index contributed by atoms with van der Waals surface area (Å²) in [5, 5.41) is 14.3. The molecule has 1 amide bonds. The molecule has 0 saturated heterocycles. The van der Waals surface area contributed by atoms with E-state index in [1.807, 2.05) is 6.92 Å². The zero-order valence-electron chi connectivity index (χ0n) is 11.7. The summed E-state index contributed by atoms with van der Waals surface area (Å²) in [6, 6.07) is 8.99. The molecule has 0 unspecified atom stereocenters. The second-order valence-corrected chi connectivity index (χ2v) is 4.61. The number of hydrogen-bond donors (Lipinski definition) is 1. The van der Waals surface area contributed by atoms with E-state index in [1.54, 1.807) is 12.1 Å². The molecule has 3 rings (SSSR count). The number of aromatic nitrogens is 4. The maximum atomic E-state index is 12.8. The largest absolute Gasteiger partial charge is 0.458 e. The first-order valence-corrected chi connectivity index (χ1v) is 6.50. The number of benzene rings is 1. The summed E-state index contributed by atoms with van der Waals surface area (Å²) in [5.41, 5.74) is 0.494. The van der Waals surface area contributed by atoms with Crippen molar-refractivity contribution in [2.24, 2.45) is 0 Å². The molecule has 0 atom stereocenters. The first kappa shape index (κ1) is 13.9. The lowest BCUT2D eigenvalue weighted by atomic mass is 10.3. The zero-order valence-corrected chi connectivity index (χ0v) is 11.7. The lowest BCUT2D eigenvalue weighted by molar-refractivity contribution is -0.117. The van der Waals surface area contributed by atoms with Gasteiger partial charge in [0.05, 0.1) is 0 Å². The van der Waals surface area contributed by atoms with E-state index in [9.17, 15) is 9.18 Å². The highest BCUT2D eigenvalue weighted by Crippen LogP contribution is 2.16. The van der Waals surface area contributed by atoms with Crippen molar-refractivity contribution in [1.82, 2.24) is 20.2 Å². The van der Waals surface area contributed by atoms with E-state index in [4.69, 9.17) is 4.42 Å². The van der Waals surface area contributed by atoms with Crippen LogP contribution in [0.5, 0.6) is 0 Å². The molecule has 0 fully saturated rings. The van der Waals surface area contributed by atoms with Gasteiger partial charge in [-0.05, 0) is 48.5 Å². The highest BCUT2D eigenvalue weighted by molar-refractivity contribution is 5.90. The van der Waals surface area contributed by atoms with Crippen LogP contribution in [-0.4, -0.2) is 26.1 Å². The quantitative estimate of drug-likeness (QED) is 0.796. The molecule has 0 radical (unpaired) electrons. The fourth-order valence-electron chi connectivity index (χ4n) is 1.83. The topological polar surface area (TPSA) is 85.8 Å². The molecular weight excluding hydrogens is 289 g/mol. The van der Waals surface area contributed by atoms with Gasteiger partial charge >= 0.3 is 0 Å². The minimum absolute atomic E-state index is 0.107. The summed E-state index contributed by atoms with van der Waals surface area (Å²) in [4.78, 5) is 13.0. The van der Waals surface area contributed by atoms with Gasteiger partial charge in [-0.25, -0.2) is 4.39 Å². The number of hydrogen-bond acceptors (Lipinski definition) is 5. The van der Waals surface area contributed by atoms with Crippen molar-refractivity contribution < 1.29 is 13.6 Å². The highest BCUT2D eigenvalue weighted by atomic mass is 19.1. The van der Waals surface area contributed by atoms with Crippen molar-refractivity contribution in [1.29, 1.82) is 0 Å². The third-order valence-electron chi connectivity index (χ3n) is 2.83. The second kappa shape index (κ2) is 5.76. The van der Waals surface area contributed by atoms with Crippen LogP contribution in [0.2, 0.25) is 0 Å². The van der Waals surface area contributed by atoms with E-state index >= 15 is 0 Å². The number of carbonyl (C=O) groups is 1. The Balaban J connectivity index is 1.64. The molecule has 0 spiro atoms. The molecule has 8 heteroatoms. The SMILES string of the molecule is Cc1ccc(-c2nnn(CC(=O)Nc3ccc(F)cc3)n2)o1.